The molecule has 15 heavy (non-hydrogen) atoms. The van der Waals surface area contributed by atoms with Gasteiger partial charge in [-0.05, 0) is 26.2 Å². The molecule has 2 rings (SSSR count). The monoisotopic (exact) mass is 208 g/mol. The van der Waals surface area contributed by atoms with E-state index in [-0.39, 0.29) is 0 Å². The molecule has 1 fully saturated rings. The summed E-state index contributed by atoms with van der Waals surface area (Å²) in [5.74, 6) is 1.08. The normalized spacial score (nSPS) is 18.0. The van der Waals surface area contributed by atoms with Gasteiger partial charge in [0.05, 0.1) is 6.54 Å². The van der Waals surface area contributed by atoms with Gasteiger partial charge in [-0.2, -0.15) is 0 Å². The van der Waals surface area contributed by atoms with Crippen molar-refractivity contribution in [2.45, 2.75) is 58.2 Å². The molecule has 1 N–H and O–H groups in total. The number of nitrogens with one attached hydrogen (secondary N) is 1. The van der Waals surface area contributed by atoms with Gasteiger partial charge in [0.2, 0.25) is 0 Å². The Morgan fingerprint density at radius 2 is 2.40 bits per heavy atom. The molecule has 0 radical (unpaired) electrons. The Kier molecular flexibility index (Phi) is 3.36. The molecule has 1 aliphatic rings. The van der Waals surface area contributed by atoms with E-state index in [1.807, 2.05) is 6.33 Å². The molecule has 1 aliphatic carbocycles. The third kappa shape index (κ3) is 2.78. The van der Waals surface area contributed by atoms with Gasteiger partial charge in [0, 0.05) is 12.1 Å². The zero-order valence-corrected chi connectivity index (χ0v) is 9.61. The molecule has 1 saturated carbocycles. The lowest BCUT2D eigenvalue weighted by Crippen LogP contribution is -2.26. The lowest BCUT2D eigenvalue weighted by molar-refractivity contribution is 0.488. The summed E-state index contributed by atoms with van der Waals surface area (Å²) in [6, 6.07) is 1.25. The van der Waals surface area contributed by atoms with Gasteiger partial charge in [0.15, 0.2) is 0 Å². The first-order valence-corrected chi connectivity index (χ1v) is 5.93. The quantitative estimate of drug-likeness (QED) is 0.776. The topological polar surface area (TPSA) is 42.7 Å². The third-order valence-corrected chi connectivity index (χ3v) is 2.92. The molecule has 1 aromatic rings. The fourth-order valence-electron chi connectivity index (χ4n) is 1.85. The Bertz CT molecular complexity index is 303. The van der Waals surface area contributed by atoms with Crippen LogP contribution in [0.2, 0.25) is 0 Å². The molecular formula is C11H20N4. The molecule has 0 bridgehead atoms. The molecule has 0 spiro atoms. The molecule has 1 unspecified atom stereocenters. The van der Waals surface area contributed by atoms with Gasteiger partial charge in [0.25, 0.3) is 0 Å². The van der Waals surface area contributed by atoms with Crippen molar-refractivity contribution in [3.05, 3.63) is 12.2 Å². The number of aromatic nitrogens is 3. The minimum atomic E-state index is 0.569. The molecule has 84 valence electrons. The summed E-state index contributed by atoms with van der Waals surface area (Å²) < 4.78 is 2.21. The number of nitrogens with zero attached hydrogens (tertiary/aromatic N) is 3. The molecule has 0 amide bonds. The molecule has 0 aliphatic heterocycles. The van der Waals surface area contributed by atoms with E-state index in [1.165, 1.54) is 25.7 Å². The molecule has 1 aromatic heterocycles. The van der Waals surface area contributed by atoms with Gasteiger partial charge in [-0.15, -0.1) is 10.2 Å². The lowest BCUT2D eigenvalue weighted by atomic mass is 10.2. The van der Waals surface area contributed by atoms with Crippen molar-refractivity contribution in [3.8, 4) is 0 Å². The van der Waals surface area contributed by atoms with E-state index in [1.54, 1.807) is 0 Å². The average Bonchev–Trinajstić information content (AvgIpc) is 2.96. The zero-order chi connectivity index (χ0) is 10.7. The second-order valence-corrected chi connectivity index (χ2v) is 4.46. The van der Waals surface area contributed by atoms with Crippen LogP contribution < -0.4 is 5.32 Å². The summed E-state index contributed by atoms with van der Waals surface area (Å²) in [7, 11) is 0. The molecule has 1 heterocycles. The van der Waals surface area contributed by atoms with E-state index in [0.717, 1.165) is 12.4 Å². The summed E-state index contributed by atoms with van der Waals surface area (Å²) in [6.45, 7) is 5.28. The molecule has 4 heteroatoms. The maximum atomic E-state index is 4.16. The molecule has 0 aromatic carbocycles. The highest BCUT2D eigenvalue weighted by molar-refractivity contribution is 4.94. The highest BCUT2D eigenvalue weighted by atomic mass is 15.3. The molecule has 0 saturated heterocycles. The first kappa shape index (κ1) is 10.6. The highest BCUT2D eigenvalue weighted by Gasteiger charge is 2.25. The molecule has 4 nitrogen and oxygen atoms in total. The van der Waals surface area contributed by atoms with E-state index in [4.69, 9.17) is 0 Å². The summed E-state index contributed by atoms with van der Waals surface area (Å²) in [4.78, 5) is 0. The van der Waals surface area contributed by atoms with Gasteiger partial charge in [-0.25, -0.2) is 0 Å². The second kappa shape index (κ2) is 4.75. The minimum Gasteiger partial charge on any atom is -0.313 e. The Labute approximate surface area is 91.1 Å². The van der Waals surface area contributed by atoms with Gasteiger partial charge in [-0.3, -0.25) is 0 Å². The fourth-order valence-corrected chi connectivity index (χ4v) is 1.85. The van der Waals surface area contributed by atoms with Crippen LogP contribution in [0.1, 0.15) is 51.4 Å². The van der Waals surface area contributed by atoms with Crippen LogP contribution in [0.25, 0.3) is 0 Å². The van der Waals surface area contributed by atoms with Crippen molar-refractivity contribution < 1.29 is 0 Å². The van der Waals surface area contributed by atoms with E-state index < -0.39 is 0 Å². The van der Waals surface area contributed by atoms with Gasteiger partial charge >= 0.3 is 0 Å². The standard InChI is InChI=1S/C11H20N4/c1-3-4-9(2)12-7-11-14-13-8-15(11)10-5-6-10/h8-10,12H,3-7H2,1-2H3. The van der Waals surface area contributed by atoms with Crippen molar-refractivity contribution in [3.63, 3.8) is 0 Å². The van der Waals surface area contributed by atoms with Crippen LogP contribution in [0.15, 0.2) is 6.33 Å². The van der Waals surface area contributed by atoms with Crippen molar-refractivity contribution in [1.82, 2.24) is 20.1 Å². The first-order chi connectivity index (χ1) is 7.31. The summed E-state index contributed by atoms with van der Waals surface area (Å²) in [5.41, 5.74) is 0. The zero-order valence-electron chi connectivity index (χ0n) is 9.61. The summed E-state index contributed by atoms with van der Waals surface area (Å²) in [6.07, 6.45) is 6.88. The lowest BCUT2D eigenvalue weighted by Gasteiger charge is -2.12. The van der Waals surface area contributed by atoms with Crippen LogP contribution in [-0.2, 0) is 6.54 Å². The van der Waals surface area contributed by atoms with Crippen molar-refractivity contribution in [2.75, 3.05) is 0 Å². The van der Waals surface area contributed by atoms with Crippen LogP contribution in [0.3, 0.4) is 0 Å². The second-order valence-electron chi connectivity index (χ2n) is 4.46. The Morgan fingerprint density at radius 1 is 1.60 bits per heavy atom. The first-order valence-electron chi connectivity index (χ1n) is 5.93. The number of hydrogen-bond acceptors (Lipinski definition) is 3. The Hall–Kier alpha value is -0.900. The smallest absolute Gasteiger partial charge is 0.147 e. The summed E-state index contributed by atoms with van der Waals surface area (Å²) in [5, 5.41) is 11.6. The van der Waals surface area contributed by atoms with Crippen molar-refractivity contribution in [1.29, 1.82) is 0 Å². The van der Waals surface area contributed by atoms with Gasteiger partial charge in [0.1, 0.15) is 12.2 Å². The largest absolute Gasteiger partial charge is 0.313 e. The van der Waals surface area contributed by atoms with E-state index in [2.05, 4.69) is 33.9 Å². The van der Waals surface area contributed by atoms with E-state index >= 15 is 0 Å². The Balaban J connectivity index is 1.84. The van der Waals surface area contributed by atoms with Gasteiger partial charge < -0.3 is 9.88 Å². The average molecular weight is 208 g/mol. The van der Waals surface area contributed by atoms with Crippen molar-refractivity contribution in [2.24, 2.45) is 0 Å². The van der Waals surface area contributed by atoms with Crippen LogP contribution in [0, 0.1) is 0 Å². The van der Waals surface area contributed by atoms with Crippen LogP contribution in [0.5, 0.6) is 0 Å². The highest BCUT2D eigenvalue weighted by Crippen LogP contribution is 2.35. The van der Waals surface area contributed by atoms with E-state index in [0.29, 0.717) is 12.1 Å². The van der Waals surface area contributed by atoms with Crippen LogP contribution in [0.4, 0.5) is 0 Å². The third-order valence-electron chi connectivity index (χ3n) is 2.92. The molecule has 1 atom stereocenters. The van der Waals surface area contributed by atoms with E-state index in [9.17, 15) is 0 Å². The SMILES string of the molecule is CCCC(C)NCc1nncn1C1CC1. The van der Waals surface area contributed by atoms with Gasteiger partial charge in [-0.1, -0.05) is 13.3 Å². The maximum Gasteiger partial charge on any atom is 0.147 e. The predicted molar refractivity (Wildman–Crippen MR) is 59.5 cm³/mol. The molecular weight excluding hydrogens is 188 g/mol. The predicted octanol–water partition coefficient (Wildman–Crippen LogP) is 1.89. The number of hydrogen-bond donors (Lipinski definition) is 1. The van der Waals surface area contributed by atoms with Crippen LogP contribution >= 0.6 is 0 Å². The fraction of sp³-hybridized carbons (Fsp3) is 0.818. The minimum absolute atomic E-state index is 0.569. The maximum absolute atomic E-state index is 4.16. The number of rotatable bonds is 6. The van der Waals surface area contributed by atoms with Crippen molar-refractivity contribution >= 4 is 0 Å². The van der Waals surface area contributed by atoms with Crippen LogP contribution in [-0.4, -0.2) is 20.8 Å². The summed E-state index contributed by atoms with van der Waals surface area (Å²) >= 11 is 0. The Morgan fingerprint density at radius 3 is 3.07 bits per heavy atom.